The third kappa shape index (κ3) is 2.56. The quantitative estimate of drug-likeness (QED) is 0.804. The Balaban J connectivity index is 1.59. The van der Waals surface area contributed by atoms with Gasteiger partial charge in [0.2, 0.25) is 6.79 Å². The molecule has 7 heteroatoms. The number of rotatable bonds is 3. The van der Waals surface area contributed by atoms with Gasteiger partial charge in [-0.05, 0) is 36.4 Å². The second-order valence-electron chi connectivity index (χ2n) is 5.15. The summed E-state index contributed by atoms with van der Waals surface area (Å²) in [4.78, 5) is 16.5. The lowest BCUT2D eigenvalue weighted by Crippen LogP contribution is -2.16. The van der Waals surface area contributed by atoms with Crippen LogP contribution in [0.1, 0.15) is 10.5 Å². The fourth-order valence-corrected chi connectivity index (χ4v) is 2.44. The van der Waals surface area contributed by atoms with E-state index in [1.165, 1.54) is 24.7 Å². The average molecular weight is 325 g/mol. The minimum absolute atomic E-state index is 0.171. The van der Waals surface area contributed by atoms with Gasteiger partial charge in [0.1, 0.15) is 11.5 Å². The lowest BCUT2D eigenvalue weighted by Gasteiger charge is -2.09. The number of imidazole rings is 1. The van der Waals surface area contributed by atoms with Crippen molar-refractivity contribution in [1.29, 1.82) is 0 Å². The Bertz CT molecular complexity index is 906. The molecule has 0 saturated carbocycles. The van der Waals surface area contributed by atoms with Crippen molar-refractivity contribution < 1.29 is 18.7 Å². The summed E-state index contributed by atoms with van der Waals surface area (Å²) in [6.45, 7) is 0.171. The Labute approximate surface area is 136 Å². The van der Waals surface area contributed by atoms with Gasteiger partial charge in [-0.2, -0.15) is 0 Å². The van der Waals surface area contributed by atoms with Crippen LogP contribution in [-0.4, -0.2) is 22.3 Å². The first kappa shape index (κ1) is 14.3. The van der Waals surface area contributed by atoms with Gasteiger partial charge in [0, 0.05) is 17.4 Å². The maximum Gasteiger partial charge on any atom is 0.274 e. The van der Waals surface area contributed by atoms with E-state index in [9.17, 15) is 9.18 Å². The topological polar surface area (TPSA) is 65.4 Å². The van der Waals surface area contributed by atoms with Crippen LogP contribution in [0.5, 0.6) is 11.5 Å². The summed E-state index contributed by atoms with van der Waals surface area (Å²) in [7, 11) is 0. The third-order valence-corrected chi connectivity index (χ3v) is 3.61. The molecule has 4 rings (SSSR count). The number of amides is 1. The normalized spacial score (nSPS) is 12.2. The zero-order valence-electron chi connectivity index (χ0n) is 12.4. The lowest BCUT2D eigenvalue weighted by molar-refractivity contribution is 0.102. The second kappa shape index (κ2) is 5.69. The van der Waals surface area contributed by atoms with E-state index in [-0.39, 0.29) is 18.5 Å². The minimum Gasteiger partial charge on any atom is -0.454 e. The number of nitrogens with one attached hydrogen (secondary N) is 1. The van der Waals surface area contributed by atoms with E-state index in [0.717, 1.165) is 0 Å². The van der Waals surface area contributed by atoms with E-state index in [4.69, 9.17) is 9.47 Å². The Morgan fingerprint density at radius 1 is 1.12 bits per heavy atom. The third-order valence-electron chi connectivity index (χ3n) is 3.61. The first-order valence-electron chi connectivity index (χ1n) is 7.20. The fourth-order valence-electron chi connectivity index (χ4n) is 2.44. The lowest BCUT2D eigenvalue weighted by atomic mass is 10.2. The number of anilines is 1. The van der Waals surface area contributed by atoms with Gasteiger partial charge in [0.15, 0.2) is 11.5 Å². The maximum atomic E-state index is 13.1. The second-order valence-corrected chi connectivity index (χ2v) is 5.15. The van der Waals surface area contributed by atoms with Gasteiger partial charge in [0.25, 0.3) is 5.91 Å². The van der Waals surface area contributed by atoms with Crippen LogP contribution in [0.25, 0.3) is 5.69 Å². The Morgan fingerprint density at radius 3 is 2.75 bits per heavy atom. The molecule has 1 amide bonds. The highest BCUT2D eigenvalue weighted by molar-refractivity contribution is 6.03. The molecule has 120 valence electrons. The number of nitrogens with zero attached hydrogens (tertiary/aromatic N) is 2. The van der Waals surface area contributed by atoms with E-state index in [2.05, 4.69) is 10.3 Å². The molecule has 0 fully saturated rings. The van der Waals surface area contributed by atoms with Gasteiger partial charge in [0.05, 0.1) is 12.5 Å². The van der Waals surface area contributed by atoms with Crippen molar-refractivity contribution >= 4 is 11.6 Å². The predicted molar refractivity (Wildman–Crippen MR) is 84.0 cm³/mol. The molecule has 1 aromatic heterocycles. The number of carbonyl (C=O) groups excluding carboxylic acids is 1. The highest BCUT2D eigenvalue weighted by Gasteiger charge is 2.17. The Morgan fingerprint density at radius 2 is 1.92 bits per heavy atom. The summed E-state index contributed by atoms with van der Waals surface area (Å²) in [5.74, 6) is 0.546. The van der Waals surface area contributed by atoms with Gasteiger partial charge in [-0.15, -0.1) is 0 Å². The summed E-state index contributed by atoms with van der Waals surface area (Å²) in [6, 6.07) is 11.0. The molecule has 3 aromatic rings. The molecule has 0 atom stereocenters. The standard InChI is InChI=1S/C17H12FN3O3/c18-11-1-4-13(5-2-11)21-9-19-8-14(21)17(22)20-12-3-6-15-16(7-12)24-10-23-15/h1-9H,10H2,(H,20,22). The molecule has 1 aliphatic heterocycles. The molecule has 2 heterocycles. The number of benzene rings is 2. The number of halogens is 1. The van der Waals surface area contributed by atoms with Crippen LogP contribution >= 0.6 is 0 Å². The van der Waals surface area contributed by atoms with E-state index in [1.807, 2.05) is 0 Å². The molecule has 0 unspecified atom stereocenters. The Kier molecular flexibility index (Phi) is 3.38. The molecule has 1 aliphatic rings. The van der Waals surface area contributed by atoms with Crippen molar-refractivity contribution in [1.82, 2.24) is 9.55 Å². The molecular weight excluding hydrogens is 313 g/mol. The van der Waals surface area contributed by atoms with E-state index < -0.39 is 0 Å². The number of hydrogen-bond acceptors (Lipinski definition) is 4. The van der Waals surface area contributed by atoms with Gasteiger partial charge in [-0.1, -0.05) is 0 Å². The van der Waals surface area contributed by atoms with E-state index in [1.54, 1.807) is 34.9 Å². The fraction of sp³-hybridized carbons (Fsp3) is 0.0588. The molecule has 2 aromatic carbocycles. The van der Waals surface area contributed by atoms with E-state index in [0.29, 0.717) is 28.6 Å². The number of hydrogen-bond donors (Lipinski definition) is 1. The molecule has 0 radical (unpaired) electrons. The summed E-state index contributed by atoms with van der Waals surface area (Å²) in [6.07, 6.45) is 2.95. The maximum absolute atomic E-state index is 13.1. The van der Waals surface area contributed by atoms with Crippen LogP contribution in [0.4, 0.5) is 10.1 Å². The van der Waals surface area contributed by atoms with Crippen molar-refractivity contribution in [2.24, 2.45) is 0 Å². The van der Waals surface area contributed by atoms with Crippen molar-refractivity contribution in [2.75, 3.05) is 12.1 Å². The number of carbonyl (C=O) groups is 1. The average Bonchev–Trinajstić information content (AvgIpc) is 3.24. The van der Waals surface area contributed by atoms with Crippen LogP contribution in [0.2, 0.25) is 0 Å². The molecule has 0 saturated heterocycles. The largest absolute Gasteiger partial charge is 0.454 e. The summed E-state index contributed by atoms with van der Waals surface area (Å²) in [5.41, 5.74) is 1.56. The summed E-state index contributed by atoms with van der Waals surface area (Å²) in [5, 5.41) is 2.79. The number of fused-ring (bicyclic) bond motifs is 1. The van der Waals surface area contributed by atoms with Crippen LogP contribution in [0.3, 0.4) is 0 Å². The monoisotopic (exact) mass is 325 g/mol. The highest BCUT2D eigenvalue weighted by atomic mass is 19.1. The van der Waals surface area contributed by atoms with E-state index >= 15 is 0 Å². The molecule has 6 nitrogen and oxygen atoms in total. The van der Waals surface area contributed by atoms with Gasteiger partial charge in [-0.3, -0.25) is 9.36 Å². The SMILES string of the molecule is O=C(Nc1ccc2c(c1)OCO2)c1cncn1-c1ccc(F)cc1. The van der Waals surface area contributed by atoms with Gasteiger partial charge in [-0.25, -0.2) is 9.37 Å². The van der Waals surface area contributed by atoms with Crippen molar-refractivity contribution in [3.8, 4) is 17.2 Å². The summed E-state index contributed by atoms with van der Waals surface area (Å²) >= 11 is 0. The van der Waals surface area contributed by atoms with Gasteiger partial charge < -0.3 is 14.8 Å². The summed E-state index contributed by atoms with van der Waals surface area (Å²) < 4.78 is 25.2. The number of ether oxygens (including phenoxy) is 2. The zero-order chi connectivity index (χ0) is 16.5. The van der Waals surface area contributed by atoms with Crippen LogP contribution in [0.15, 0.2) is 55.0 Å². The number of aromatic nitrogens is 2. The van der Waals surface area contributed by atoms with Crippen LogP contribution < -0.4 is 14.8 Å². The molecule has 0 bridgehead atoms. The van der Waals surface area contributed by atoms with Crippen molar-refractivity contribution in [3.05, 3.63) is 66.5 Å². The molecule has 0 spiro atoms. The van der Waals surface area contributed by atoms with Crippen LogP contribution in [-0.2, 0) is 0 Å². The van der Waals surface area contributed by atoms with Crippen LogP contribution in [0, 0.1) is 5.82 Å². The molecular formula is C17H12FN3O3. The molecule has 1 N–H and O–H groups in total. The zero-order valence-corrected chi connectivity index (χ0v) is 12.4. The first-order valence-corrected chi connectivity index (χ1v) is 7.20. The predicted octanol–water partition coefficient (Wildman–Crippen LogP) is 2.99. The van der Waals surface area contributed by atoms with Crippen molar-refractivity contribution in [2.45, 2.75) is 0 Å². The highest BCUT2D eigenvalue weighted by Crippen LogP contribution is 2.34. The Hall–Kier alpha value is -3.35. The molecule has 24 heavy (non-hydrogen) atoms. The van der Waals surface area contributed by atoms with Gasteiger partial charge >= 0.3 is 0 Å². The minimum atomic E-state index is -0.342. The first-order chi connectivity index (χ1) is 11.7. The molecule has 0 aliphatic carbocycles. The van der Waals surface area contributed by atoms with Crippen molar-refractivity contribution in [3.63, 3.8) is 0 Å². The smallest absolute Gasteiger partial charge is 0.274 e.